The standard InChI is InChI=1S/C18H40N.C7H8O3S/c1-5-9-10-11-12-13-14-15-16-17-18-19(6-2,7-3)8-4;1-6-2-4-7(5-3-6)11(8,9)10/h5-18H2,1-4H3;2-5H,1H3,(H,8,9,10)/q+1;. The zero-order valence-electron chi connectivity index (χ0n) is 20.3. The Hall–Kier alpha value is -0.910. The van der Waals surface area contributed by atoms with Crippen molar-refractivity contribution in [1.29, 1.82) is 0 Å². The van der Waals surface area contributed by atoms with Crippen molar-refractivity contribution in [2.24, 2.45) is 0 Å². The molecule has 30 heavy (non-hydrogen) atoms. The first kappa shape index (κ1) is 29.1. The van der Waals surface area contributed by atoms with E-state index in [1.807, 2.05) is 6.92 Å². The van der Waals surface area contributed by atoms with Gasteiger partial charge in [-0.25, -0.2) is 0 Å². The second kappa shape index (κ2) is 16.7. The third kappa shape index (κ3) is 13.4. The Labute approximate surface area is 187 Å². The Morgan fingerprint density at radius 2 is 1.10 bits per heavy atom. The van der Waals surface area contributed by atoms with Crippen LogP contribution in [0.25, 0.3) is 0 Å². The van der Waals surface area contributed by atoms with E-state index in [9.17, 15) is 8.42 Å². The van der Waals surface area contributed by atoms with Crippen LogP contribution >= 0.6 is 0 Å². The summed E-state index contributed by atoms with van der Waals surface area (Å²) in [5.74, 6) is 0. The van der Waals surface area contributed by atoms with E-state index in [0.717, 1.165) is 5.56 Å². The van der Waals surface area contributed by atoms with E-state index in [4.69, 9.17) is 4.55 Å². The van der Waals surface area contributed by atoms with E-state index in [-0.39, 0.29) is 4.90 Å². The van der Waals surface area contributed by atoms with Gasteiger partial charge in [-0.15, -0.1) is 0 Å². The summed E-state index contributed by atoms with van der Waals surface area (Å²) in [6.07, 6.45) is 14.5. The van der Waals surface area contributed by atoms with Crippen LogP contribution in [-0.4, -0.2) is 43.6 Å². The van der Waals surface area contributed by atoms with Crippen LogP contribution in [0.4, 0.5) is 0 Å². The van der Waals surface area contributed by atoms with Crippen molar-refractivity contribution in [1.82, 2.24) is 0 Å². The lowest BCUT2D eigenvalue weighted by Gasteiger charge is -2.35. The van der Waals surface area contributed by atoms with Crippen molar-refractivity contribution < 1.29 is 17.5 Å². The van der Waals surface area contributed by atoms with Gasteiger partial charge >= 0.3 is 0 Å². The second-order valence-electron chi connectivity index (χ2n) is 8.48. The lowest BCUT2D eigenvalue weighted by Crippen LogP contribution is -2.48. The average Bonchev–Trinajstić information content (AvgIpc) is 2.73. The quantitative estimate of drug-likeness (QED) is 0.180. The van der Waals surface area contributed by atoms with Gasteiger partial charge in [-0.2, -0.15) is 8.42 Å². The molecule has 0 heterocycles. The van der Waals surface area contributed by atoms with E-state index in [1.165, 1.54) is 107 Å². The van der Waals surface area contributed by atoms with Crippen LogP contribution in [0, 0.1) is 6.92 Å². The molecule has 0 aromatic heterocycles. The molecule has 1 N–H and O–H groups in total. The van der Waals surface area contributed by atoms with Crippen LogP contribution in [0.5, 0.6) is 0 Å². The largest absolute Gasteiger partial charge is 0.324 e. The maximum Gasteiger partial charge on any atom is 0.294 e. The molecule has 0 radical (unpaired) electrons. The van der Waals surface area contributed by atoms with Gasteiger partial charge in [0, 0.05) is 0 Å². The van der Waals surface area contributed by atoms with E-state index >= 15 is 0 Å². The molecule has 0 aliphatic heterocycles. The zero-order valence-corrected chi connectivity index (χ0v) is 21.1. The molecule has 0 saturated heterocycles. The predicted molar refractivity (Wildman–Crippen MR) is 130 cm³/mol. The lowest BCUT2D eigenvalue weighted by molar-refractivity contribution is -0.923. The first-order chi connectivity index (χ1) is 14.2. The zero-order chi connectivity index (χ0) is 22.9. The van der Waals surface area contributed by atoms with Crippen molar-refractivity contribution >= 4 is 10.1 Å². The topological polar surface area (TPSA) is 54.4 Å². The summed E-state index contributed by atoms with van der Waals surface area (Å²) in [5.41, 5.74) is 0.956. The molecule has 0 bridgehead atoms. The minimum absolute atomic E-state index is 0.0666. The van der Waals surface area contributed by atoms with E-state index in [1.54, 1.807) is 12.1 Å². The highest BCUT2D eigenvalue weighted by Crippen LogP contribution is 2.13. The third-order valence-corrected chi connectivity index (χ3v) is 7.19. The summed E-state index contributed by atoms with van der Waals surface area (Å²) in [5, 5.41) is 0. The summed E-state index contributed by atoms with van der Waals surface area (Å²) >= 11 is 0. The third-order valence-electron chi connectivity index (χ3n) is 6.32. The van der Waals surface area contributed by atoms with Crippen LogP contribution in [0.15, 0.2) is 29.2 Å². The highest BCUT2D eigenvalue weighted by Gasteiger charge is 2.19. The molecule has 0 saturated carbocycles. The summed E-state index contributed by atoms with van der Waals surface area (Å²) in [6, 6.07) is 5.99. The van der Waals surface area contributed by atoms with Crippen molar-refractivity contribution in [3.05, 3.63) is 29.8 Å². The Balaban J connectivity index is 0.000000642. The molecule has 4 nitrogen and oxygen atoms in total. The van der Waals surface area contributed by atoms with Gasteiger partial charge in [-0.05, 0) is 52.7 Å². The Kier molecular flexibility index (Phi) is 16.2. The normalized spacial score (nSPS) is 11.8. The van der Waals surface area contributed by atoms with Crippen LogP contribution in [0.2, 0.25) is 0 Å². The first-order valence-electron chi connectivity index (χ1n) is 12.1. The molecule has 5 heteroatoms. The SMILES string of the molecule is CCCCCCCCCCCC[N+](CC)(CC)CC.Cc1ccc(S(=O)(=O)O)cc1. The number of rotatable bonds is 15. The van der Waals surface area contributed by atoms with E-state index in [2.05, 4.69) is 27.7 Å². The van der Waals surface area contributed by atoms with Crippen molar-refractivity contribution in [3.63, 3.8) is 0 Å². The van der Waals surface area contributed by atoms with Gasteiger partial charge in [-0.1, -0.05) is 76.0 Å². The predicted octanol–water partition coefficient (Wildman–Crippen LogP) is 7.03. The van der Waals surface area contributed by atoms with Crippen molar-refractivity contribution in [2.75, 3.05) is 26.2 Å². The molecule has 1 aromatic rings. The number of hydrogen-bond acceptors (Lipinski definition) is 2. The number of quaternary nitrogens is 1. The molecule has 0 unspecified atom stereocenters. The monoisotopic (exact) mass is 442 g/mol. The first-order valence-corrected chi connectivity index (χ1v) is 13.6. The molecule has 0 fully saturated rings. The van der Waals surface area contributed by atoms with Crippen LogP contribution in [0.3, 0.4) is 0 Å². The Morgan fingerprint density at radius 3 is 1.47 bits per heavy atom. The molecule has 1 rings (SSSR count). The Bertz CT molecular complexity index is 614. The molecule has 0 amide bonds. The highest BCUT2D eigenvalue weighted by molar-refractivity contribution is 7.85. The minimum Gasteiger partial charge on any atom is -0.324 e. The second-order valence-corrected chi connectivity index (χ2v) is 9.91. The molecule has 0 aliphatic rings. The van der Waals surface area contributed by atoms with Gasteiger partial charge in [0.1, 0.15) is 0 Å². The highest BCUT2D eigenvalue weighted by atomic mass is 32.2. The molecule has 0 aliphatic carbocycles. The summed E-state index contributed by atoms with van der Waals surface area (Å²) in [7, 11) is -4.02. The van der Waals surface area contributed by atoms with Crippen LogP contribution < -0.4 is 0 Å². The minimum atomic E-state index is -4.02. The van der Waals surface area contributed by atoms with Gasteiger partial charge in [0.15, 0.2) is 0 Å². The van der Waals surface area contributed by atoms with Gasteiger partial charge in [-0.3, -0.25) is 4.55 Å². The Morgan fingerprint density at radius 1 is 0.700 bits per heavy atom. The fourth-order valence-corrected chi connectivity index (χ4v) is 4.27. The van der Waals surface area contributed by atoms with Gasteiger partial charge in [0.2, 0.25) is 0 Å². The van der Waals surface area contributed by atoms with Gasteiger partial charge in [0.25, 0.3) is 10.1 Å². The van der Waals surface area contributed by atoms with Crippen LogP contribution in [0.1, 0.15) is 97.5 Å². The van der Waals surface area contributed by atoms with E-state index < -0.39 is 10.1 Å². The molecular formula is C25H48NO3S+. The maximum atomic E-state index is 10.5. The molecule has 0 atom stereocenters. The fourth-order valence-electron chi connectivity index (χ4n) is 3.79. The van der Waals surface area contributed by atoms with Crippen molar-refractivity contribution in [3.8, 4) is 0 Å². The molecule has 0 spiro atoms. The summed E-state index contributed by atoms with van der Waals surface area (Å²) < 4.78 is 30.9. The number of unbranched alkanes of at least 4 members (excludes halogenated alkanes) is 9. The smallest absolute Gasteiger partial charge is 0.294 e. The van der Waals surface area contributed by atoms with E-state index in [0.29, 0.717) is 0 Å². The van der Waals surface area contributed by atoms with Crippen molar-refractivity contribution in [2.45, 2.75) is 104 Å². The molecule has 1 aromatic carbocycles. The number of nitrogens with zero attached hydrogens (tertiary/aromatic N) is 1. The summed E-state index contributed by atoms with van der Waals surface area (Å²) in [6.45, 7) is 16.5. The van der Waals surface area contributed by atoms with Crippen LogP contribution in [-0.2, 0) is 10.1 Å². The average molecular weight is 443 g/mol. The number of benzene rings is 1. The summed E-state index contributed by atoms with van der Waals surface area (Å²) in [4.78, 5) is -0.0666. The number of aryl methyl sites for hydroxylation is 1. The number of hydrogen-bond donors (Lipinski definition) is 1. The maximum absolute atomic E-state index is 10.5. The molecule has 176 valence electrons. The van der Waals surface area contributed by atoms with Gasteiger partial charge in [0.05, 0.1) is 31.1 Å². The van der Waals surface area contributed by atoms with Gasteiger partial charge < -0.3 is 4.48 Å². The lowest BCUT2D eigenvalue weighted by atomic mass is 10.1. The fraction of sp³-hybridized carbons (Fsp3) is 0.760. The molecular weight excluding hydrogens is 394 g/mol.